The van der Waals surface area contributed by atoms with Gasteiger partial charge in [0.1, 0.15) is 6.61 Å². The Bertz CT molecular complexity index is 566. The Morgan fingerprint density at radius 3 is 2.42 bits per heavy atom. The van der Waals surface area contributed by atoms with E-state index in [1.165, 1.54) is 4.90 Å². The van der Waals surface area contributed by atoms with Crippen molar-refractivity contribution in [2.24, 2.45) is 5.11 Å². The Balaban J connectivity index is 2.22. The molecule has 0 aliphatic rings. The number of azide groups is 1. The van der Waals surface area contributed by atoms with Crippen LogP contribution in [0.5, 0.6) is 0 Å². The smallest absolute Gasteiger partial charge is 0.411 e. The number of amides is 1. The number of benzene rings is 1. The van der Waals surface area contributed by atoms with Gasteiger partial charge in [-0.2, -0.15) is 0 Å². The van der Waals surface area contributed by atoms with E-state index >= 15 is 0 Å². The van der Waals surface area contributed by atoms with Gasteiger partial charge in [-0.15, -0.1) is 11.6 Å². The van der Waals surface area contributed by atoms with Crippen LogP contribution in [0.2, 0.25) is 0 Å². The molecule has 0 fully saturated rings. The molecule has 0 N–H and O–H groups in total. The lowest BCUT2D eigenvalue weighted by atomic mass is 10.2. The summed E-state index contributed by atoms with van der Waals surface area (Å²) in [6.45, 7) is 2.68. The molecule has 9 nitrogen and oxygen atoms in total. The summed E-state index contributed by atoms with van der Waals surface area (Å²) in [5.74, 6) is 0. The van der Waals surface area contributed by atoms with Gasteiger partial charge in [-0.3, -0.25) is 4.90 Å². The van der Waals surface area contributed by atoms with Gasteiger partial charge < -0.3 is 18.9 Å². The van der Waals surface area contributed by atoms with Crippen LogP contribution in [0.4, 0.5) is 10.5 Å². The number of rotatable bonds is 13. The second-order valence-corrected chi connectivity index (χ2v) is 5.25. The number of methoxy groups -OCH3 is 1. The van der Waals surface area contributed by atoms with Gasteiger partial charge in [0.05, 0.1) is 39.0 Å². The average molecular weight is 387 g/mol. The van der Waals surface area contributed by atoms with E-state index in [9.17, 15) is 4.79 Å². The molecule has 0 heterocycles. The molecule has 0 unspecified atom stereocenters. The summed E-state index contributed by atoms with van der Waals surface area (Å²) in [5, 5.41) is 3.47. The first-order valence-electron chi connectivity index (χ1n) is 7.97. The number of hydrogen-bond donors (Lipinski definition) is 0. The fraction of sp³-hybridized carbons (Fsp3) is 0.562. The SMILES string of the molecule is COCCOCCOCCN(CCl)C(=O)OCc1ccc(N=[N+]=[N-])cc1. The summed E-state index contributed by atoms with van der Waals surface area (Å²) in [5.41, 5.74) is 9.62. The fourth-order valence-corrected chi connectivity index (χ4v) is 2.00. The molecule has 1 rings (SSSR count). The fourth-order valence-electron chi connectivity index (χ4n) is 1.79. The van der Waals surface area contributed by atoms with E-state index in [0.29, 0.717) is 45.3 Å². The molecule has 0 radical (unpaired) electrons. The molecule has 0 atom stereocenters. The molecule has 26 heavy (non-hydrogen) atoms. The van der Waals surface area contributed by atoms with Crippen molar-refractivity contribution in [1.82, 2.24) is 4.90 Å². The van der Waals surface area contributed by atoms with Crippen molar-refractivity contribution < 1.29 is 23.7 Å². The van der Waals surface area contributed by atoms with Crippen molar-refractivity contribution in [2.75, 3.05) is 52.7 Å². The summed E-state index contributed by atoms with van der Waals surface area (Å²) in [4.78, 5) is 16.0. The van der Waals surface area contributed by atoms with Crippen LogP contribution in [0.25, 0.3) is 10.4 Å². The van der Waals surface area contributed by atoms with Gasteiger partial charge in [-0.25, -0.2) is 4.79 Å². The number of ether oxygens (including phenoxy) is 4. The molecular weight excluding hydrogens is 364 g/mol. The Morgan fingerprint density at radius 2 is 1.81 bits per heavy atom. The van der Waals surface area contributed by atoms with Crippen molar-refractivity contribution in [3.8, 4) is 0 Å². The topological polar surface area (TPSA) is 106 Å². The van der Waals surface area contributed by atoms with Crippen LogP contribution in [0.1, 0.15) is 5.56 Å². The molecule has 0 spiro atoms. The number of halogens is 1. The summed E-state index contributed by atoms with van der Waals surface area (Å²) in [7, 11) is 1.61. The summed E-state index contributed by atoms with van der Waals surface area (Å²) < 4.78 is 20.7. The highest BCUT2D eigenvalue weighted by Crippen LogP contribution is 2.14. The van der Waals surface area contributed by atoms with Gasteiger partial charge >= 0.3 is 6.09 Å². The van der Waals surface area contributed by atoms with Crippen LogP contribution in [0.3, 0.4) is 0 Å². The number of nitrogens with zero attached hydrogens (tertiary/aromatic N) is 4. The van der Waals surface area contributed by atoms with E-state index in [-0.39, 0.29) is 12.6 Å². The zero-order valence-corrected chi connectivity index (χ0v) is 15.4. The Labute approximate surface area is 157 Å². The molecule has 0 saturated heterocycles. The largest absolute Gasteiger partial charge is 0.445 e. The normalized spacial score (nSPS) is 10.2. The third kappa shape index (κ3) is 9.45. The van der Waals surface area contributed by atoms with Crippen LogP contribution in [-0.2, 0) is 25.6 Å². The quantitative estimate of drug-likeness (QED) is 0.129. The Hall–Kier alpha value is -2.03. The van der Waals surface area contributed by atoms with Gasteiger partial charge in [-0.1, -0.05) is 29.4 Å². The predicted octanol–water partition coefficient (Wildman–Crippen LogP) is 3.44. The third-order valence-electron chi connectivity index (χ3n) is 3.17. The van der Waals surface area contributed by atoms with Gasteiger partial charge in [-0.05, 0) is 11.1 Å². The standard InChI is InChI=1S/C16H23ClN4O5/c1-23-8-9-25-11-10-24-7-6-21(13-17)16(22)26-12-14-2-4-15(5-3-14)19-20-18/h2-5H,6-13H2,1H3. The predicted molar refractivity (Wildman–Crippen MR) is 96.4 cm³/mol. The monoisotopic (exact) mass is 386 g/mol. The van der Waals surface area contributed by atoms with Crippen LogP contribution < -0.4 is 0 Å². The molecule has 0 aromatic heterocycles. The van der Waals surface area contributed by atoms with Crippen molar-refractivity contribution in [3.63, 3.8) is 0 Å². The highest BCUT2D eigenvalue weighted by Gasteiger charge is 2.13. The summed E-state index contributed by atoms with van der Waals surface area (Å²) in [6.07, 6.45) is -0.529. The molecule has 1 amide bonds. The van der Waals surface area contributed by atoms with Gasteiger partial charge in [0, 0.05) is 24.3 Å². The van der Waals surface area contributed by atoms with Crippen molar-refractivity contribution >= 4 is 23.4 Å². The first-order valence-corrected chi connectivity index (χ1v) is 8.50. The van der Waals surface area contributed by atoms with E-state index < -0.39 is 6.09 Å². The third-order valence-corrected chi connectivity index (χ3v) is 3.46. The van der Waals surface area contributed by atoms with E-state index in [1.54, 1.807) is 31.4 Å². The number of alkyl halides is 1. The van der Waals surface area contributed by atoms with E-state index in [1.807, 2.05) is 0 Å². The number of carbonyl (C=O) groups is 1. The van der Waals surface area contributed by atoms with Crippen molar-refractivity contribution in [2.45, 2.75) is 6.61 Å². The minimum Gasteiger partial charge on any atom is -0.445 e. The molecule has 0 bridgehead atoms. The van der Waals surface area contributed by atoms with E-state index in [4.69, 9.17) is 36.1 Å². The summed E-state index contributed by atoms with van der Waals surface area (Å²) >= 11 is 5.78. The zero-order valence-electron chi connectivity index (χ0n) is 14.7. The van der Waals surface area contributed by atoms with E-state index in [2.05, 4.69) is 10.0 Å². The molecule has 0 saturated carbocycles. The van der Waals surface area contributed by atoms with Crippen LogP contribution in [-0.4, -0.2) is 63.7 Å². The number of carbonyl (C=O) groups excluding carboxylic acids is 1. The maximum absolute atomic E-state index is 12.0. The minimum atomic E-state index is -0.529. The van der Waals surface area contributed by atoms with Crippen LogP contribution in [0, 0.1) is 0 Å². The van der Waals surface area contributed by atoms with Crippen LogP contribution in [0.15, 0.2) is 29.4 Å². The maximum atomic E-state index is 12.0. The molecule has 10 heteroatoms. The second-order valence-electron chi connectivity index (χ2n) is 5.01. The molecule has 1 aromatic carbocycles. The minimum absolute atomic E-state index is 0.00234. The highest BCUT2D eigenvalue weighted by atomic mass is 35.5. The lowest BCUT2D eigenvalue weighted by Gasteiger charge is -2.19. The highest BCUT2D eigenvalue weighted by molar-refractivity contribution is 6.18. The average Bonchev–Trinajstić information content (AvgIpc) is 2.66. The lowest BCUT2D eigenvalue weighted by molar-refractivity contribution is 0.0193. The molecule has 1 aromatic rings. The number of hydrogen-bond acceptors (Lipinski definition) is 6. The molecule has 0 aliphatic heterocycles. The van der Waals surface area contributed by atoms with Crippen molar-refractivity contribution in [3.05, 3.63) is 40.3 Å². The Morgan fingerprint density at radius 1 is 1.15 bits per heavy atom. The van der Waals surface area contributed by atoms with Crippen LogP contribution >= 0.6 is 11.6 Å². The van der Waals surface area contributed by atoms with Gasteiger partial charge in [0.25, 0.3) is 0 Å². The second kappa shape index (κ2) is 14.2. The first-order chi connectivity index (χ1) is 12.7. The Kier molecular flexibility index (Phi) is 12.0. The first kappa shape index (κ1) is 22.0. The van der Waals surface area contributed by atoms with Crippen molar-refractivity contribution in [1.29, 1.82) is 0 Å². The van der Waals surface area contributed by atoms with Gasteiger partial charge in [0.15, 0.2) is 0 Å². The lowest BCUT2D eigenvalue weighted by Crippen LogP contribution is -2.33. The van der Waals surface area contributed by atoms with Gasteiger partial charge in [0.2, 0.25) is 0 Å². The maximum Gasteiger partial charge on any atom is 0.411 e. The zero-order chi connectivity index (χ0) is 19.0. The molecular formula is C16H23ClN4O5. The van der Waals surface area contributed by atoms with E-state index in [0.717, 1.165) is 5.56 Å². The molecule has 0 aliphatic carbocycles. The summed E-state index contributed by atoms with van der Waals surface area (Å²) in [6, 6.07) is 6.72. The molecule has 144 valence electrons.